The average molecular weight is 405 g/mol. The van der Waals surface area contributed by atoms with Crippen LogP contribution in [0.4, 0.5) is 13.2 Å². The number of nitrogens with one attached hydrogen (secondary N) is 3. The third-order valence-electron chi connectivity index (χ3n) is 3.87. The lowest BCUT2D eigenvalue weighted by molar-refractivity contribution is -0.137. The minimum Gasteiger partial charge on any atom is -0.357 e. The average Bonchev–Trinajstić information content (AvgIpc) is 3.20. The number of amides is 2. The molecule has 0 saturated heterocycles. The molecule has 0 radical (unpaired) electrons. The number of aromatic amines is 1. The summed E-state index contributed by atoms with van der Waals surface area (Å²) in [4.78, 5) is 38.9. The van der Waals surface area contributed by atoms with Gasteiger partial charge in [-0.25, -0.2) is 4.68 Å². The van der Waals surface area contributed by atoms with Gasteiger partial charge in [0, 0.05) is 18.0 Å². The van der Waals surface area contributed by atoms with Crippen molar-refractivity contribution in [3.05, 3.63) is 81.5 Å². The predicted octanol–water partition coefficient (Wildman–Crippen LogP) is 1.96. The predicted molar refractivity (Wildman–Crippen MR) is 95.3 cm³/mol. The van der Waals surface area contributed by atoms with Gasteiger partial charge in [0.2, 0.25) is 5.43 Å². The van der Waals surface area contributed by atoms with Crippen LogP contribution in [0.1, 0.15) is 32.2 Å². The number of carbonyl (C=O) groups is 2. The number of H-pyrrole nitrogens is 1. The Bertz CT molecular complexity index is 1120. The van der Waals surface area contributed by atoms with Gasteiger partial charge < -0.3 is 4.98 Å². The molecule has 2 aromatic heterocycles. The first-order chi connectivity index (χ1) is 13.7. The molecule has 0 aliphatic carbocycles. The van der Waals surface area contributed by atoms with Crippen molar-refractivity contribution in [1.82, 2.24) is 25.6 Å². The van der Waals surface area contributed by atoms with Gasteiger partial charge in [0.15, 0.2) is 5.69 Å². The first-order valence-corrected chi connectivity index (χ1v) is 8.19. The van der Waals surface area contributed by atoms with Gasteiger partial charge in [-0.15, -0.1) is 0 Å². The Labute approximate surface area is 161 Å². The van der Waals surface area contributed by atoms with Crippen LogP contribution in [0.3, 0.4) is 0 Å². The molecule has 11 heteroatoms. The summed E-state index contributed by atoms with van der Waals surface area (Å²) in [7, 11) is 0. The number of rotatable bonds is 3. The molecule has 0 unspecified atom stereocenters. The van der Waals surface area contributed by atoms with Crippen LogP contribution < -0.4 is 16.3 Å². The molecule has 0 spiro atoms. The second-order valence-corrected chi connectivity index (χ2v) is 5.95. The molecule has 150 valence electrons. The van der Waals surface area contributed by atoms with E-state index in [1.54, 1.807) is 6.07 Å². The van der Waals surface area contributed by atoms with Gasteiger partial charge in [0.1, 0.15) is 5.69 Å². The second kappa shape index (κ2) is 7.62. The highest BCUT2D eigenvalue weighted by molar-refractivity contribution is 5.97. The van der Waals surface area contributed by atoms with E-state index < -0.39 is 34.7 Å². The molecular weight excluding hydrogens is 391 g/mol. The van der Waals surface area contributed by atoms with Crippen LogP contribution in [0.15, 0.2) is 53.5 Å². The largest absolute Gasteiger partial charge is 0.416 e. The van der Waals surface area contributed by atoms with E-state index in [2.05, 4.69) is 15.5 Å². The van der Waals surface area contributed by atoms with Gasteiger partial charge >= 0.3 is 6.18 Å². The lowest BCUT2D eigenvalue weighted by Crippen LogP contribution is -2.44. The highest BCUT2D eigenvalue weighted by Crippen LogP contribution is 2.30. The topological polar surface area (TPSA) is 109 Å². The third kappa shape index (κ3) is 4.34. The van der Waals surface area contributed by atoms with E-state index in [1.807, 2.05) is 5.43 Å². The number of aryl methyl sites for hydroxylation is 1. The lowest BCUT2D eigenvalue weighted by atomic mass is 10.2. The molecule has 0 atom stereocenters. The highest BCUT2D eigenvalue weighted by atomic mass is 19.4. The molecule has 0 bridgehead atoms. The van der Waals surface area contributed by atoms with Crippen LogP contribution in [0.2, 0.25) is 0 Å². The first-order valence-electron chi connectivity index (χ1n) is 8.19. The molecule has 3 aromatic rings. The SMILES string of the molecule is Cc1cc(=O)c(C(=O)NNC(=O)c2ccc[nH]2)nn1-c1cccc(C(F)(F)F)c1. The van der Waals surface area contributed by atoms with E-state index in [-0.39, 0.29) is 17.1 Å². The maximum absolute atomic E-state index is 13.0. The summed E-state index contributed by atoms with van der Waals surface area (Å²) in [5.74, 6) is -1.68. The van der Waals surface area contributed by atoms with E-state index in [0.29, 0.717) is 0 Å². The molecule has 3 N–H and O–H groups in total. The van der Waals surface area contributed by atoms with E-state index >= 15 is 0 Å². The molecule has 0 fully saturated rings. The number of hydrazine groups is 1. The Morgan fingerprint density at radius 1 is 1.07 bits per heavy atom. The van der Waals surface area contributed by atoms with E-state index in [9.17, 15) is 27.6 Å². The molecule has 0 aliphatic rings. The van der Waals surface area contributed by atoms with Crippen molar-refractivity contribution in [1.29, 1.82) is 0 Å². The van der Waals surface area contributed by atoms with Gasteiger partial charge in [-0.05, 0) is 37.3 Å². The molecule has 8 nitrogen and oxygen atoms in total. The van der Waals surface area contributed by atoms with E-state index in [1.165, 1.54) is 31.3 Å². The monoisotopic (exact) mass is 405 g/mol. The third-order valence-corrected chi connectivity index (χ3v) is 3.87. The quantitative estimate of drug-likeness (QED) is 0.579. The maximum Gasteiger partial charge on any atom is 0.416 e. The summed E-state index contributed by atoms with van der Waals surface area (Å²) >= 11 is 0. The van der Waals surface area contributed by atoms with Gasteiger partial charge in [-0.1, -0.05) is 6.07 Å². The first kappa shape index (κ1) is 19.9. The van der Waals surface area contributed by atoms with E-state index in [4.69, 9.17) is 0 Å². The highest BCUT2D eigenvalue weighted by Gasteiger charge is 2.30. The van der Waals surface area contributed by atoms with Crippen molar-refractivity contribution in [2.24, 2.45) is 0 Å². The van der Waals surface area contributed by atoms with Crippen LogP contribution >= 0.6 is 0 Å². The Morgan fingerprint density at radius 2 is 1.79 bits per heavy atom. The number of nitrogens with zero attached hydrogens (tertiary/aromatic N) is 2. The zero-order valence-corrected chi connectivity index (χ0v) is 14.9. The number of alkyl halides is 3. The van der Waals surface area contributed by atoms with Crippen LogP contribution in [-0.2, 0) is 6.18 Å². The number of carbonyl (C=O) groups excluding carboxylic acids is 2. The summed E-state index contributed by atoms with van der Waals surface area (Å²) in [6, 6.07) is 8.39. The van der Waals surface area contributed by atoms with Crippen LogP contribution in [-0.4, -0.2) is 26.6 Å². The van der Waals surface area contributed by atoms with Crippen molar-refractivity contribution in [2.45, 2.75) is 13.1 Å². The maximum atomic E-state index is 13.0. The van der Waals surface area contributed by atoms with Crippen LogP contribution in [0.5, 0.6) is 0 Å². The lowest BCUT2D eigenvalue weighted by Gasteiger charge is -2.13. The molecule has 29 heavy (non-hydrogen) atoms. The summed E-state index contributed by atoms with van der Waals surface area (Å²) in [5.41, 5.74) is 2.31. The Kier molecular flexibility index (Phi) is 5.22. The van der Waals surface area contributed by atoms with Crippen molar-refractivity contribution in [3.8, 4) is 5.69 Å². The van der Waals surface area contributed by atoms with Crippen molar-refractivity contribution >= 4 is 11.8 Å². The normalized spacial score (nSPS) is 11.2. The molecule has 0 saturated carbocycles. The number of benzene rings is 1. The van der Waals surface area contributed by atoms with Gasteiger partial charge in [-0.3, -0.25) is 25.2 Å². The molecular formula is C18H14F3N5O3. The summed E-state index contributed by atoms with van der Waals surface area (Å²) < 4.78 is 39.9. The molecule has 1 aromatic carbocycles. The van der Waals surface area contributed by atoms with Gasteiger partial charge in [0.25, 0.3) is 11.8 Å². The molecule has 3 rings (SSSR count). The fourth-order valence-corrected chi connectivity index (χ4v) is 2.49. The fraction of sp³-hybridized carbons (Fsp3) is 0.111. The standard InChI is InChI=1S/C18H14F3N5O3/c1-10-8-14(27)15(17(29)24-23-16(28)13-6-3-7-22-13)25-26(10)12-5-2-4-11(9-12)18(19,20)21/h2-9,22H,1H3,(H,23,28)(H,24,29). The number of halogens is 3. The zero-order valence-electron chi connectivity index (χ0n) is 14.9. The molecule has 2 amide bonds. The summed E-state index contributed by atoms with van der Waals surface area (Å²) in [5, 5.41) is 3.87. The smallest absolute Gasteiger partial charge is 0.357 e. The van der Waals surface area contributed by atoms with Gasteiger partial charge in [-0.2, -0.15) is 18.3 Å². The van der Waals surface area contributed by atoms with Crippen molar-refractivity contribution in [3.63, 3.8) is 0 Å². The number of aromatic nitrogens is 3. The summed E-state index contributed by atoms with van der Waals surface area (Å²) in [6.45, 7) is 1.46. The minimum atomic E-state index is -4.56. The minimum absolute atomic E-state index is 0.0156. The second-order valence-electron chi connectivity index (χ2n) is 5.95. The van der Waals surface area contributed by atoms with Crippen molar-refractivity contribution < 1.29 is 22.8 Å². The van der Waals surface area contributed by atoms with Gasteiger partial charge in [0.05, 0.1) is 11.3 Å². The van der Waals surface area contributed by atoms with E-state index in [0.717, 1.165) is 22.9 Å². The number of hydrogen-bond acceptors (Lipinski definition) is 4. The van der Waals surface area contributed by atoms with Crippen LogP contribution in [0.25, 0.3) is 5.69 Å². The summed E-state index contributed by atoms with van der Waals surface area (Å²) in [6.07, 6.45) is -3.06. The van der Waals surface area contributed by atoms with Crippen molar-refractivity contribution in [2.75, 3.05) is 0 Å². The number of hydrogen-bond donors (Lipinski definition) is 3. The Balaban J connectivity index is 1.89. The molecule has 0 aliphatic heterocycles. The Hall–Kier alpha value is -3.89. The Morgan fingerprint density at radius 3 is 2.45 bits per heavy atom. The van der Waals surface area contributed by atoms with Crippen LogP contribution in [0, 0.1) is 6.92 Å². The fourth-order valence-electron chi connectivity index (χ4n) is 2.49. The molecule has 2 heterocycles. The zero-order chi connectivity index (χ0) is 21.2.